The summed E-state index contributed by atoms with van der Waals surface area (Å²) < 4.78 is 5.48. The van der Waals surface area contributed by atoms with Crippen molar-refractivity contribution in [2.75, 3.05) is 32.8 Å². The van der Waals surface area contributed by atoms with Crippen LogP contribution in [0.25, 0.3) is 0 Å². The highest BCUT2D eigenvalue weighted by Crippen LogP contribution is 2.28. The van der Waals surface area contributed by atoms with Crippen molar-refractivity contribution in [1.29, 1.82) is 0 Å². The third-order valence-corrected chi connectivity index (χ3v) is 5.35. The summed E-state index contributed by atoms with van der Waals surface area (Å²) >= 11 is 0. The monoisotopic (exact) mass is 403 g/mol. The Morgan fingerprint density at radius 1 is 1.19 bits per heavy atom. The minimum atomic E-state index is -0.664. The zero-order chi connectivity index (χ0) is 17.0. The summed E-state index contributed by atoms with van der Waals surface area (Å²) in [6.07, 6.45) is 3.70. The number of rotatable bonds is 5. The molecular formula is C19H31Cl2N3O2. The number of halogens is 2. The van der Waals surface area contributed by atoms with E-state index in [1.165, 1.54) is 11.1 Å². The van der Waals surface area contributed by atoms with Crippen LogP contribution in [0.3, 0.4) is 0 Å². The molecular weight excluding hydrogens is 373 g/mol. The second kappa shape index (κ2) is 10.5. The molecule has 1 atom stereocenters. The molecule has 1 amide bonds. The van der Waals surface area contributed by atoms with Gasteiger partial charge >= 0.3 is 0 Å². The Morgan fingerprint density at radius 2 is 1.77 bits per heavy atom. The Bertz CT molecular complexity index is 556. The maximum absolute atomic E-state index is 12.6. The van der Waals surface area contributed by atoms with Crippen molar-refractivity contribution in [3.05, 3.63) is 35.4 Å². The normalized spacial score (nSPS) is 20.5. The largest absolute Gasteiger partial charge is 0.379 e. The van der Waals surface area contributed by atoms with Crippen LogP contribution in [0.5, 0.6) is 0 Å². The number of hydrogen-bond donors (Lipinski definition) is 2. The molecule has 1 saturated carbocycles. The van der Waals surface area contributed by atoms with E-state index in [2.05, 4.69) is 41.4 Å². The standard InChI is InChI=1S/C19H29N3O2.2ClH/c1-15-4-6-16(7-5-15)17(22-10-12-24-13-11-22)14-21-18(23)19(20)8-2-3-9-19;;/h4-7,17H,2-3,8-14,20H2,1H3,(H,21,23);2*1H. The van der Waals surface area contributed by atoms with Gasteiger partial charge in [-0.2, -0.15) is 0 Å². The molecule has 0 bridgehead atoms. The third-order valence-electron chi connectivity index (χ3n) is 5.35. The van der Waals surface area contributed by atoms with E-state index in [0.29, 0.717) is 6.54 Å². The van der Waals surface area contributed by atoms with Crippen molar-refractivity contribution in [3.63, 3.8) is 0 Å². The van der Waals surface area contributed by atoms with Gasteiger partial charge in [-0.3, -0.25) is 9.69 Å². The molecule has 1 saturated heterocycles. The molecule has 3 N–H and O–H groups in total. The van der Waals surface area contributed by atoms with E-state index in [4.69, 9.17) is 10.5 Å². The molecule has 1 heterocycles. The Labute approximate surface area is 168 Å². The molecule has 1 unspecified atom stereocenters. The van der Waals surface area contributed by atoms with Gasteiger partial charge < -0.3 is 15.8 Å². The van der Waals surface area contributed by atoms with Gasteiger partial charge in [0, 0.05) is 19.6 Å². The van der Waals surface area contributed by atoms with Gasteiger partial charge in [0.2, 0.25) is 5.91 Å². The Balaban J connectivity index is 0.00000169. The molecule has 7 heteroatoms. The molecule has 0 radical (unpaired) electrons. The van der Waals surface area contributed by atoms with Crippen molar-refractivity contribution in [2.45, 2.75) is 44.2 Å². The fraction of sp³-hybridized carbons (Fsp3) is 0.632. The number of carbonyl (C=O) groups is 1. The summed E-state index contributed by atoms with van der Waals surface area (Å²) in [6, 6.07) is 8.76. The molecule has 2 fully saturated rings. The molecule has 1 aliphatic heterocycles. The van der Waals surface area contributed by atoms with Crippen molar-refractivity contribution < 1.29 is 9.53 Å². The van der Waals surface area contributed by atoms with E-state index in [1.807, 2.05) is 0 Å². The molecule has 148 valence electrons. The maximum Gasteiger partial charge on any atom is 0.240 e. The molecule has 2 aliphatic rings. The van der Waals surface area contributed by atoms with Crippen molar-refractivity contribution >= 4 is 30.7 Å². The fourth-order valence-corrected chi connectivity index (χ4v) is 3.73. The summed E-state index contributed by atoms with van der Waals surface area (Å²) in [6.45, 7) is 5.97. The maximum atomic E-state index is 12.6. The van der Waals surface area contributed by atoms with Gasteiger partial charge in [0.1, 0.15) is 0 Å². The molecule has 1 aromatic carbocycles. The summed E-state index contributed by atoms with van der Waals surface area (Å²) in [5.41, 5.74) is 8.10. The molecule has 1 aliphatic carbocycles. The van der Waals surface area contributed by atoms with Crippen molar-refractivity contribution in [3.8, 4) is 0 Å². The number of hydrogen-bond acceptors (Lipinski definition) is 4. The van der Waals surface area contributed by atoms with Gasteiger partial charge in [-0.25, -0.2) is 0 Å². The number of nitrogens with one attached hydrogen (secondary N) is 1. The molecule has 1 aromatic rings. The van der Waals surface area contributed by atoms with Gasteiger partial charge in [0.25, 0.3) is 0 Å². The van der Waals surface area contributed by atoms with Crippen molar-refractivity contribution in [2.24, 2.45) is 5.73 Å². The Morgan fingerprint density at radius 3 is 2.35 bits per heavy atom. The van der Waals surface area contributed by atoms with Gasteiger partial charge in [-0.15, -0.1) is 24.8 Å². The summed E-state index contributed by atoms with van der Waals surface area (Å²) in [5, 5.41) is 3.13. The highest BCUT2D eigenvalue weighted by Gasteiger charge is 2.37. The SMILES string of the molecule is Cc1ccc(C(CNC(=O)C2(N)CCCC2)N2CCOCC2)cc1.Cl.Cl. The zero-order valence-electron chi connectivity index (χ0n) is 15.4. The lowest BCUT2D eigenvalue weighted by atomic mass is 9.97. The first kappa shape index (κ1) is 23.2. The highest BCUT2D eigenvalue weighted by atomic mass is 35.5. The molecule has 0 aromatic heterocycles. The van der Waals surface area contributed by atoms with Gasteiger partial charge in [0.15, 0.2) is 0 Å². The predicted octanol–water partition coefficient (Wildman–Crippen LogP) is 2.60. The molecule has 26 heavy (non-hydrogen) atoms. The third kappa shape index (κ3) is 5.57. The zero-order valence-corrected chi connectivity index (χ0v) is 17.0. The number of morpholine rings is 1. The second-order valence-corrected chi connectivity index (χ2v) is 7.15. The van der Waals surface area contributed by atoms with Crippen LogP contribution in [0.1, 0.15) is 42.9 Å². The quantitative estimate of drug-likeness (QED) is 0.792. The van der Waals surface area contributed by atoms with Gasteiger partial charge in [0.05, 0.1) is 24.8 Å². The second-order valence-electron chi connectivity index (χ2n) is 7.15. The van der Waals surface area contributed by atoms with Crippen LogP contribution < -0.4 is 11.1 Å². The van der Waals surface area contributed by atoms with Crippen LogP contribution in [0.15, 0.2) is 24.3 Å². The number of aryl methyl sites for hydroxylation is 1. The Hall–Kier alpha value is -0.850. The summed E-state index contributed by atoms with van der Waals surface area (Å²) in [4.78, 5) is 15.0. The lowest BCUT2D eigenvalue weighted by molar-refractivity contribution is -0.126. The predicted molar refractivity (Wildman–Crippen MR) is 109 cm³/mol. The first-order valence-corrected chi connectivity index (χ1v) is 9.04. The number of carbonyl (C=O) groups excluding carboxylic acids is 1. The van der Waals surface area contributed by atoms with E-state index < -0.39 is 5.54 Å². The first-order chi connectivity index (χ1) is 11.6. The lowest BCUT2D eigenvalue weighted by Gasteiger charge is -2.35. The van der Waals surface area contributed by atoms with Crippen LogP contribution in [0.4, 0.5) is 0 Å². The summed E-state index contributed by atoms with van der Waals surface area (Å²) in [5.74, 6) is 0.00497. The highest BCUT2D eigenvalue weighted by molar-refractivity contribution is 5.86. The molecule has 3 rings (SSSR count). The van der Waals surface area contributed by atoms with Crippen LogP contribution >= 0.6 is 24.8 Å². The number of ether oxygens (including phenoxy) is 1. The van der Waals surface area contributed by atoms with Gasteiger partial charge in [-0.1, -0.05) is 42.7 Å². The van der Waals surface area contributed by atoms with E-state index in [9.17, 15) is 4.79 Å². The van der Waals surface area contributed by atoms with E-state index >= 15 is 0 Å². The minimum Gasteiger partial charge on any atom is -0.379 e. The topological polar surface area (TPSA) is 67.6 Å². The van der Waals surface area contributed by atoms with E-state index in [1.54, 1.807) is 0 Å². The van der Waals surface area contributed by atoms with E-state index in [-0.39, 0.29) is 36.8 Å². The van der Waals surface area contributed by atoms with Crippen LogP contribution in [-0.4, -0.2) is 49.2 Å². The lowest BCUT2D eigenvalue weighted by Crippen LogP contribution is -2.54. The fourth-order valence-electron chi connectivity index (χ4n) is 3.73. The first-order valence-electron chi connectivity index (χ1n) is 9.04. The summed E-state index contributed by atoms with van der Waals surface area (Å²) in [7, 11) is 0. The Kier molecular flexibility index (Phi) is 9.34. The number of amides is 1. The molecule has 5 nitrogen and oxygen atoms in total. The van der Waals surface area contributed by atoms with Gasteiger partial charge in [-0.05, 0) is 25.3 Å². The number of nitrogens with zero attached hydrogens (tertiary/aromatic N) is 1. The molecule has 0 spiro atoms. The number of nitrogens with two attached hydrogens (primary N) is 1. The van der Waals surface area contributed by atoms with Crippen LogP contribution in [-0.2, 0) is 9.53 Å². The number of benzene rings is 1. The van der Waals surface area contributed by atoms with E-state index in [0.717, 1.165) is 52.0 Å². The average molecular weight is 404 g/mol. The van der Waals surface area contributed by atoms with Crippen molar-refractivity contribution in [1.82, 2.24) is 10.2 Å². The van der Waals surface area contributed by atoms with Crippen LogP contribution in [0, 0.1) is 6.92 Å². The minimum absolute atomic E-state index is 0. The van der Waals surface area contributed by atoms with Crippen LogP contribution in [0.2, 0.25) is 0 Å². The average Bonchev–Trinajstić information content (AvgIpc) is 3.05. The smallest absolute Gasteiger partial charge is 0.240 e.